The maximum Gasteiger partial charge on any atom is 0.419 e. The van der Waals surface area contributed by atoms with Gasteiger partial charge in [-0.05, 0) is 67.0 Å². The van der Waals surface area contributed by atoms with Crippen molar-refractivity contribution in [3.8, 4) is 11.1 Å². The molecule has 1 aliphatic heterocycles. The maximum atomic E-state index is 14.2. The fourth-order valence-electron chi connectivity index (χ4n) is 6.56. The summed E-state index contributed by atoms with van der Waals surface area (Å²) in [5.74, 6) is 1.28. The van der Waals surface area contributed by atoms with Gasteiger partial charge in [-0.1, -0.05) is 25.1 Å². The molecule has 216 valence electrons. The Morgan fingerprint density at radius 1 is 1.20 bits per heavy atom. The van der Waals surface area contributed by atoms with E-state index in [9.17, 15) is 18.0 Å². The number of likely N-dealkylation sites (tertiary alicyclic amines) is 1. The number of aromatic nitrogens is 5. The van der Waals surface area contributed by atoms with Gasteiger partial charge in [-0.3, -0.25) is 14.1 Å². The van der Waals surface area contributed by atoms with Gasteiger partial charge >= 0.3 is 6.18 Å². The third-order valence-electron chi connectivity index (χ3n) is 8.66. The molecule has 2 aliphatic rings. The molecule has 0 amide bonds. The number of ether oxygens (including phenoxy) is 1. The number of piperidine rings is 1. The summed E-state index contributed by atoms with van der Waals surface area (Å²) >= 11 is 0. The number of fused-ring (bicyclic) bond motifs is 1. The first kappa shape index (κ1) is 27.6. The smallest absolute Gasteiger partial charge is 0.381 e. The van der Waals surface area contributed by atoms with Gasteiger partial charge in [0.2, 0.25) is 0 Å². The summed E-state index contributed by atoms with van der Waals surface area (Å²) < 4.78 is 51.0. The molecule has 4 heterocycles. The number of nitrogens with zero attached hydrogens (tertiary/aromatic N) is 6. The third kappa shape index (κ3) is 4.95. The number of aryl methyl sites for hydroxylation is 1. The molecule has 0 N–H and O–H groups in total. The largest absolute Gasteiger partial charge is 0.419 e. The molecule has 3 aromatic heterocycles. The van der Waals surface area contributed by atoms with Crippen LogP contribution in [-0.4, -0.2) is 55.4 Å². The Kier molecular flexibility index (Phi) is 6.97. The molecular formula is C30H33F3N6O2. The second-order valence-electron chi connectivity index (χ2n) is 11.6. The van der Waals surface area contributed by atoms with Gasteiger partial charge in [-0.15, -0.1) is 10.2 Å². The lowest BCUT2D eigenvalue weighted by Gasteiger charge is -2.46. The predicted octanol–water partition coefficient (Wildman–Crippen LogP) is 4.84. The first-order valence-corrected chi connectivity index (χ1v) is 13.9. The average Bonchev–Trinajstić information content (AvgIpc) is 3.34. The van der Waals surface area contributed by atoms with Gasteiger partial charge < -0.3 is 9.30 Å². The topological polar surface area (TPSA) is 77.6 Å². The van der Waals surface area contributed by atoms with Gasteiger partial charge in [0.1, 0.15) is 12.2 Å². The molecule has 1 saturated heterocycles. The number of halogens is 3. The van der Waals surface area contributed by atoms with Crippen molar-refractivity contribution in [3.05, 3.63) is 81.9 Å². The van der Waals surface area contributed by atoms with Crippen molar-refractivity contribution in [2.75, 3.05) is 20.2 Å². The Morgan fingerprint density at radius 3 is 2.68 bits per heavy atom. The Labute approximate surface area is 235 Å². The fourth-order valence-corrected chi connectivity index (χ4v) is 6.56. The van der Waals surface area contributed by atoms with Crippen molar-refractivity contribution in [2.45, 2.75) is 56.8 Å². The summed E-state index contributed by atoms with van der Waals surface area (Å²) in [7, 11) is 3.57. The molecule has 1 aliphatic carbocycles. The van der Waals surface area contributed by atoms with E-state index in [1.54, 1.807) is 19.5 Å². The highest BCUT2D eigenvalue weighted by molar-refractivity contribution is 5.66. The third-order valence-corrected chi connectivity index (χ3v) is 8.66. The number of pyridine rings is 1. The molecule has 11 heteroatoms. The maximum absolute atomic E-state index is 14.2. The highest BCUT2D eigenvalue weighted by Crippen LogP contribution is 2.49. The van der Waals surface area contributed by atoms with E-state index in [2.05, 4.69) is 27.0 Å². The summed E-state index contributed by atoms with van der Waals surface area (Å²) in [5.41, 5.74) is -0.0950. The molecule has 0 radical (unpaired) electrons. The average molecular weight is 567 g/mol. The highest BCUT2D eigenvalue weighted by atomic mass is 19.4. The number of methoxy groups -OCH3 is 1. The minimum Gasteiger partial charge on any atom is -0.381 e. The van der Waals surface area contributed by atoms with E-state index in [1.807, 2.05) is 29.8 Å². The van der Waals surface area contributed by atoms with Crippen LogP contribution in [0.3, 0.4) is 0 Å². The number of hydrogen-bond acceptors (Lipinski definition) is 6. The van der Waals surface area contributed by atoms with Crippen molar-refractivity contribution in [2.24, 2.45) is 13.0 Å². The van der Waals surface area contributed by atoms with E-state index in [0.29, 0.717) is 36.4 Å². The standard InChI is InChI=1S/C30H33F3N6O2/c1-19-6-5-9-38(15-19)16-20-10-25(30(31,32)33)26-34-14-24(27(40)39(26)17-20)21-7-4-8-22(11-21)29(12-23(13-29)41-3)28-36-35-18-37(28)2/h4,7-8,10-11,14,17-19,23H,5-6,9,12-13,15-16H2,1-3H3/t19-,23?,29?/m0/s1. The molecule has 2 fully saturated rings. The zero-order chi connectivity index (χ0) is 28.9. The number of rotatable bonds is 6. The first-order chi connectivity index (χ1) is 19.6. The van der Waals surface area contributed by atoms with Crippen LogP contribution in [0.5, 0.6) is 0 Å². The normalized spacial score (nSPS) is 23.6. The van der Waals surface area contributed by atoms with Crippen LogP contribution in [-0.2, 0) is 29.9 Å². The lowest BCUT2D eigenvalue weighted by molar-refractivity contribution is -0.136. The van der Waals surface area contributed by atoms with Gasteiger partial charge in [0.15, 0.2) is 5.65 Å². The van der Waals surface area contributed by atoms with Crippen LogP contribution in [0.4, 0.5) is 13.2 Å². The number of alkyl halides is 3. The molecule has 1 atom stereocenters. The second kappa shape index (κ2) is 10.4. The van der Waals surface area contributed by atoms with E-state index in [-0.39, 0.29) is 11.7 Å². The van der Waals surface area contributed by atoms with Gasteiger partial charge in [0, 0.05) is 39.6 Å². The Hall–Kier alpha value is -3.57. The Bertz CT molecular complexity index is 1640. The van der Waals surface area contributed by atoms with E-state index in [0.717, 1.165) is 47.8 Å². The van der Waals surface area contributed by atoms with E-state index in [4.69, 9.17) is 4.74 Å². The molecule has 0 unspecified atom stereocenters. The van der Waals surface area contributed by atoms with Crippen molar-refractivity contribution in [3.63, 3.8) is 0 Å². The van der Waals surface area contributed by atoms with Crippen LogP contribution in [0.1, 0.15) is 55.1 Å². The van der Waals surface area contributed by atoms with Crippen LogP contribution in [0.25, 0.3) is 16.8 Å². The first-order valence-electron chi connectivity index (χ1n) is 13.9. The van der Waals surface area contributed by atoms with Gasteiger partial charge in [0.05, 0.1) is 22.6 Å². The van der Waals surface area contributed by atoms with Gasteiger partial charge in [0.25, 0.3) is 5.56 Å². The Balaban J connectivity index is 1.44. The number of hydrogen-bond donors (Lipinski definition) is 0. The Morgan fingerprint density at radius 2 is 2.00 bits per heavy atom. The van der Waals surface area contributed by atoms with Crippen molar-refractivity contribution >= 4 is 5.65 Å². The van der Waals surface area contributed by atoms with Crippen molar-refractivity contribution < 1.29 is 17.9 Å². The van der Waals surface area contributed by atoms with E-state index >= 15 is 0 Å². The minimum absolute atomic E-state index is 0.0606. The molecule has 8 nitrogen and oxygen atoms in total. The predicted molar refractivity (Wildman–Crippen MR) is 147 cm³/mol. The molecule has 1 saturated carbocycles. The van der Waals surface area contributed by atoms with E-state index < -0.39 is 28.4 Å². The molecule has 4 aromatic rings. The van der Waals surface area contributed by atoms with E-state index in [1.165, 1.54) is 12.4 Å². The molecule has 41 heavy (non-hydrogen) atoms. The number of benzene rings is 1. The van der Waals surface area contributed by atoms with Crippen LogP contribution < -0.4 is 5.56 Å². The minimum atomic E-state index is -4.65. The van der Waals surface area contributed by atoms with Gasteiger partial charge in [-0.2, -0.15) is 13.2 Å². The zero-order valence-corrected chi connectivity index (χ0v) is 23.4. The zero-order valence-electron chi connectivity index (χ0n) is 23.4. The molecule has 6 rings (SSSR count). The summed E-state index contributed by atoms with van der Waals surface area (Å²) in [4.78, 5) is 20.2. The van der Waals surface area contributed by atoms with Crippen LogP contribution in [0, 0.1) is 5.92 Å². The molecule has 1 aromatic carbocycles. The monoisotopic (exact) mass is 566 g/mol. The summed E-state index contributed by atoms with van der Waals surface area (Å²) in [6.07, 6.45) is 3.34. The second-order valence-corrected chi connectivity index (χ2v) is 11.6. The van der Waals surface area contributed by atoms with Crippen LogP contribution in [0.2, 0.25) is 0 Å². The quantitative estimate of drug-likeness (QED) is 0.333. The van der Waals surface area contributed by atoms with Crippen LogP contribution >= 0.6 is 0 Å². The summed E-state index contributed by atoms with van der Waals surface area (Å²) in [5, 5.41) is 8.45. The summed E-state index contributed by atoms with van der Waals surface area (Å²) in [6, 6.07) is 8.67. The summed E-state index contributed by atoms with van der Waals surface area (Å²) in [6.45, 7) is 4.13. The van der Waals surface area contributed by atoms with Crippen molar-refractivity contribution in [1.82, 2.24) is 29.0 Å². The van der Waals surface area contributed by atoms with Crippen molar-refractivity contribution in [1.29, 1.82) is 0 Å². The van der Waals surface area contributed by atoms with Crippen LogP contribution in [0.15, 0.2) is 53.8 Å². The molecule has 0 spiro atoms. The highest BCUT2D eigenvalue weighted by Gasteiger charge is 2.50. The molecule has 0 bridgehead atoms. The lowest BCUT2D eigenvalue weighted by Crippen LogP contribution is -2.48. The van der Waals surface area contributed by atoms with Gasteiger partial charge in [-0.25, -0.2) is 4.98 Å². The fraction of sp³-hybridized carbons (Fsp3) is 0.467. The SMILES string of the molecule is COC1CC(c2cccc(-c3cnc4c(C(F)(F)F)cc(CN5CCC[C@H](C)C5)cn4c3=O)c2)(c2nncn2C)C1. The lowest BCUT2D eigenvalue weighted by atomic mass is 9.61. The molecular weight excluding hydrogens is 533 g/mol.